The highest BCUT2D eigenvalue weighted by Crippen LogP contribution is 2.61. The Morgan fingerprint density at radius 1 is 1.15 bits per heavy atom. The molecule has 0 radical (unpaired) electrons. The minimum atomic E-state index is -1.17. The molecule has 4 unspecified atom stereocenters. The van der Waals surface area contributed by atoms with Crippen LogP contribution in [0.1, 0.15) is 53.9 Å². The molecule has 1 fully saturated rings. The van der Waals surface area contributed by atoms with Crippen molar-refractivity contribution in [2.45, 2.75) is 66.1 Å². The molecule has 0 amide bonds. The first kappa shape index (κ1) is 19.8. The second-order valence-corrected chi connectivity index (χ2v) is 9.24. The van der Waals surface area contributed by atoms with Crippen LogP contribution >= 0.6 is 0 Å². The summed E-state index contributed by atoms with van der Waals surface area (Å²) in [4.78, 5) is 37.1. The Kier molecular flexibility index (Phi) is 4.62. The number of ether oxygens (including phenoxy) is 1. The molecule has 4 atom stereocenters. The van der Waals surface area contributed by atoms with Crippen LogP contribution in [0.5, 0.6) is 0 Å². The van der Waals surface area contributed by atoms with E-state index in [1.54, 1.807) is 13.8 Å². The van der Waals surface area contributed by atoms with Gasteiger partial charge in [-0.15, -0.1) is 0 Å². The van der Waals surface area contributed by atoms with Gasteiger partial charge in [-0.1, -0.05) is 41.0 Å². The van der Waals surface area contributed by atoms with Gasteiger partial charge in [-0.3, -0.25) is 14.4 Å². The molecule has 0 bridgehead atoms. The predicted octanol–water partition coefficient (Wildman–Crippen LogP) is 2.65. The Morgan fingerprint density at radius 2 is 1.78 bits per heavy atom. The second kappa shape index (κ2) is 6.30. The van der Waals surface area contributed by atoms with E-state index in [9.17, 15) is 24.6 Å². The quantitative estimate of drug-likeness (QED) is 0.446. The fraction of sp³-hybridized carbons (Fsp3) is 0.667. The van der Waals surface area contributed by atoms with Gasteiger partial charge < -0.3 is 14.9 Å². The molecule has 3 rings (SSSR count). The highest BCUT2D eigenvalue weighted by molar-refractivity contribution is 6.50. The van der Waals surface area contributed by atoms with E-state index in [0.29, 0.717) is 6.42 Å². The van der Waals surface area contributed by atoms with Crippen molar-refractivity contribution in [3.63, 3.8) is 0 Å². The summed E-state index contributed by atoms with van der Waals surface area (Å²) in [5.74, 6) is -2.43. The van der Waals surface area contributed by atoms with Crippen LogP contribution in [0.25, 0.3) is 0 Å². The number of allylic oxidation sites excluding steroid dienone is 2. The van der Waals surface area contributed by atoms with Crippen LogP contribution in [0.2, 0.25) is 0 Å². The van der Waals surface area contributed by atoms with Crippen molar-refractivity contribution in [1.29, 1.82) is 0 Å². The third kappa shape index (κ3) is 2.60. The average molecular weight is 376 g/mol. The van der Waals surface area contributed by atoms with Gasteiger partial charge in [0.05, 0.1) is 6.10 Å². The monoisotopic (exact) mass is 376 g/mol. The summed E-state index contributed by atoms with van der Waals surface area (Å²) in [5, 5.41) is 22.1. The molecule has 0 aromatic heterocycles. The van der Waals surface area contributed by atoms with Crippen LogP contribution < -0.4 is 0 Å². The Bertz CT molecular complexity index is 772. The molecule has 0 aromatic carbocycles. The lowest BCUT2D eigenvalue weighted by Gasteiger charge is -2.58. The number of aliphatic hydroxyl groups is 2. The zero-order chi connectivity index (χ0) is 20.3. The second-order valence-electron chi connectivity index (χ2n) is 9.24. The smallest absolute Gasteiger partial charge is 0.293 e. The number of carbonyl (C=O) groups excluding carboxylic acids is 3. The zero-order valence-corrected chi connectivity index (χ0v) is 16.5. The molecule has 0 saturated heterocycles. The van der Waals surface area contributed by atoms with Gasteiger partial charge in [0.2, 0.25) is 11.6 Å². The van der Waals surface area contributed by atoms with Gasteiger partial charge in [0.15, 0.2) is 6.10 Å². The summed E-state index contributed by atoms with van der Waals surface area (Å²) in [6, 6.07) is 0. The Morgan fingerprint density at radius 3 is 2.33 bits per heavy atom. The third-order valence-electron chi connectivity index (χ3n) is 6.79. The molecule has 1 saturated carbocycles. The Labute approximate surface area is 159 Å². The van der Waals surface area contributed by atoms with Crippen molar-refractivity contribution in [2.24, 2.45) is 22.7 Å². The molecule has 3 aliphatic rings. The molecule has 27 heavy (non-hydrogen) atoms. The van der Waals surface area contributed by atoms with E-state index in [2.05, 4.69) is 0 Å². The number of hydrogen-bond donors (Lipinski definition) is 2. The van der Waals surface area contributed by atoms with E-state index in [4.69, 9.17) is 4.74 Å². The summed E-state index contributed by atoms with van der Waals surface area (Å²) in [6.45, 7) is 9.57. The van der Waals surface area contributed by atoms with Gasteiger partial charge in [-0.2, -0.15) is 0 Å². The van der Waals surface area contributed by atoms with Gasteiger partial charge in [-0.05, 0) is 24.2 Å². The van der Waals surface area contributed by atoms with Gasteiger partial charge in [0.25, 0.3) is 6.47 Å². The maximum atomic E-state index is 13.2. The fourth-order valence-corrected chi connectivity index (χ4v) is 5.87. The maximum absolute atomic E-state index is 13.2. The molecule has 0 heterocycles. The lowest BCUT2D eigenvalue weighted by molar-refractivity contribution is -0.156. The third-order valence-corrected chi connectivity index (χ3v) is 6.79. The molecule has 0 spiro atoms. The van der Waals surface area contributed by atoms with Crippen LogP contribution in [0.15, 0.2) is 22.5 Å². The van der Waals surface area contributed by atoms with Crippen LogP contribution in [-0.4, -0.2) is 40.5 Å². The van der Waals surface area contributed by atoms with E-state index >= 15 is 0 Å². The van der Waals surface area contributed by atoms with Crippen molar-refractivity contribution in [3.05, 3.63) is 22.5 Å². The van der Waals surface area contributed by atoms with E-state index in [1.807, 2.05) is 20.8 Å². The van der Waals surface area contributed by atoms with Gasteiger partial charge in [0, 0.05) is 28.1 Å². The number of ketones is 2. The van der Waals surface area contributed by atoms with E-state index in [0.717, 1.165) is 12.8 Å². The average Bonchev–Trinajstić information content (AvgIpc) is 2.54. The van der Waals surface area contributed by atoms with E-state index in [1.165, 1.54) is 0 Å². The first-order valence-electron chi connectivity index (χ1n) is 9.53. The summed E-state index contributed by atoms with van der Waals surface area (Å²) >= 11 is 0. The maximum Gasteiger partial charge on any atom is 0.293 e. The Balaban J connectivity index is 2.36. The Hall–Kier alpha value is -1.95. The van der Waals surface area contributed by atoms with Crippen molar-refractivity contribution in [3.8, 4) is 0 Å². The highest BCUT2D eigenvalue weighted by atomic mass is 16.5. The van der Waals surface area contributed by atoms with Gasteiger partial charge >= 0.3 is 0 Å². The van der Waals surface area contributed by atoms with Crippen LogP contribution in [0.3, 0.4) is 0 Å². The SMILES string of the molecule is CC(C)C1=C(O)C2=C(C(=O)C1=O)C1(C)CCCC(C)(C)C1C(O)C2OC=O. The molecule has 148 valence electrons. The first-order chi connectivity index (χ1) is 12.5. The zero-order valence-electron chi connectivity index (χ0n) is 16.5. The first-order valence-corrected chi connectivity index (χ1v) is 9.53. The number of carbonyl (C=O) groups is 3. The summed E-state index contributed by atoms with van der Waals surface area (Å²) in [6.07, 6.45) is 0.0615. The highest BCUT2D eigenvalue weighted by Gasteiger charge is 2.62. The minimum absolute atomic E-state index is 0.0163. The lowest BCUT2D eigenvalue weighted by Crippen LogP contribution is -2.60. The fourth-order valence-electron chi connectivity index (χ4n) is 5.87. The number of hydrogen-bond acceptors (Lipinski definition) is 6. The van der Waals surface area contributed by atoms with Gasteiger partial charge in [-0.25, -0.2) is 0 Å². The topological polar surface area (TPSA) is 101 Å². The molecule has 0 aliphatic heterocycles. The largest absolute Gasteiger partial charge is 0.507 e. The molecule has 0 aromatic rings. The van der Waals surface area contributed by atoms with Crippen LogP contribution in [0, 0.1) is 22.7 Å². The van der Waals surface area contributed by atoms with Crippen molar-refractivity contribution < 1.29 is 29.3 Å². The summed E-state index contributed by atoms with van der Waals surface area (Å²) in [7, 11) is 0. The standard InChI is InChI=1S/C21H28O6/c1-10(2)11-14(23)12-13(16(25)15(11)24)21(5)8-6-7-20(3,4)19(21)17(26)18(12)27-9-22/h9-10,17-19,23,26H,6-8H2,1-5H3. The normalized spacial score (nSPS) is 35.9. The number of Topliss-reactive ketones (excluding diaryl/α,β-unsaturated/α-hetero) is 2. The minimum Gasteiger partial charge on any atom is -0.507 e. The number of rotatable bonds is 3. The molecule has 6 heteroatoms. The van der Waals surface area contributed by atoms with Crippen LogP contribution in [-0.2, 0) is 19.1 Å². The lowest BCUT2D eigenvalue weighted by atomic mass is 9.47. The molecule has 3 aliphatic carbocycles. The van der Waals surface area contributed by atoms with Crippen molar-refractivity contribution >= 4 is 18.0 Å². The van der Waals surface area contributed by atoms with Gasteiger partial charge in [0.1, 0.15) is 5.76 Å². The van der Waals surface area contributed by atoms with E-state index < -0.39 is 29.2 Å². The molecular weight excluding hydrogens is 348 g/mol. The van der Waals surface area contributed by atoms with Crippen molar-refractivity contribution in [2.75, 3.05) is 0 Å². The number of fused-ring (bicyclic) bond motifs is 2. The van der Waals surface area contributed by atoms with Crippen LogP contribution in [0.4, 0.5) is 0 Å². The number of aliphatic hydroxyl groups excluding tert-OH is 2. The van der Waals surface area contributed by atoms with E-state index in [-0.39, 0.29) is 46.2 Å². The summed E-state index contributed by atoms with van der Waals surface area (Å²) in [5.41, 5.74) is -0.759. The molecular formula is C21H28O6. The molecule has 2 N–H and O–H groups in total. The summed E-state index contributed by atoms with van der Waals surface area (Å²) < 4.78 is 5.19. The molecule has 6 nitrogen and oxygen atoms in total. The predicted molar refractivity (Wildman–Crippen MR) is 97.7 cm³/mol. The van der Waals surface area contributed by atoms with Crippen molar-refractivity contribution in [1.82, 2.24) is 0 Å².